The van der Waals surface area contributed by atoms with Gasteiger partial charge in [0, 0.05) is 17.8 Å². The highest BCUT2D eigenvalue weighted by Crippen LogP contribution is 2.24. The van der Waals surface area contributed by atoms with E-state index in [0.717, 1.165) is 6.26 Å². The summed E-state index contributed by atoms with van der Waals surface area (Å²) in [5, 5.41) is 3.57. The summed E-state index contributed by atoms with van der Waals surface area (Å²) >= 11 is 11.0. The minimum atomic E-state index is -3.29. The van der Waals surface area contributed by atoms with Crippen LogP contribution in [0.15, 0.2) is 18.2 Å². The van der Waals surface area contributed by atoms with Gasteiger partial charge >= 0.3 is 0 Å². The average molecular weight is 336 g/mol. The number of nitrogens with two attached hydrogens (primary N) is 1. The summed E-state index contributed by atoms with van der Waals surface area (Å²) in [6, 6.07) is 5.25. The summed E-state index contributed by atoms with van der Waals surface area (Å²) in [7, 11) is -3.29. The third-order valence-electron chi connectivity index (χ3n) is 2.44. The number of halogens is 1. The van der Waals surface area contributed by atoms with E-state index >= 15 is 0 Å². The molecular weight excluding hydrogens is 318 g/mol. The van der Waals surface area contributed by atoms with E-state index in [1.807, 2.05) is 0 Å². The molecule has 0 radical (unpaired) electrons. The first-order valence-corrected chi connectivity index (χ1v) is 8.51. The number of hydrogen-bond acceptors (Lipinski definition) is 4. The SMILES string of the molecule is CC(C)(CNc1cccc(Cl)c1C(N)=S)NS(C)(=O)=O. The molecule has 5 nitrogen and oxygen atoms in total. The summed E-state index contributed by atoms with van der Waals surface area (Å²) in [6.07, 6.45) is 1.12. The second-order valence-electron chi connectivity index (χ2n) is 5.14. The molecule has 1 rings (SSSR count). The maximum atomic E-state index is 11.3. The number of rotatable bonds is 6. The van der Waals surface area contributed by atoms with E-state index in [9.17, 15) is 8.42 Å². The number of sulfonamides is 1. The lowest BCUT2D eigenvalue weighted by molar-refractivity contribution is 0.476. The molecule has 1 aromatic rings. The second kappa shape index (κ2) is 6.26. The summed E-state index contributed by atoms with van der Waals surface area (Å²) in [4.78, 5) is 0.187. The molecule has 0 aliphatic rings. The Morgan fingerprint density at radius 1 is 1.45 bits per heavy atom. The van der Waals surface area contributed by atoms with Gasteiger partial charge in [0.25, 0.3) is 0 Å². The third kappa shape index (κ3) is 5.24. The van der Waals surface area contributed by atoms with Crippen LogP contribution in [0, 0.1) is 0 Å². The van der Waals surface area contributed by atoms with Crippen molar-refractivity contribution in [1.29, 1.82) is 0 Å². The summed E-state index contributed by atoms with van der Waals surface area (Å²) in [5.74, 6) is 0. The van der Waals surface area contributed by atoms with Crippen molar-refractivity contribution >= 4 is 44.5 Å². The molecular formula is C12H18ClN3O2S2. The quantitative estimate of drug-likeness (QED) is 0.689. The highest BCUT2D eigenvalue weighted by Gasteiger charge is 2.22. The van der Waals surface area contributed by atoms with E-state index in [-0.39, 0.29) is 4.99 Å². The Hall–Kier alpha value is -0.890. The molecule has 0 bridgehead atoms. The molecule has 20 heavy (non-hydrogen) atoms. The van der Waals surface area contributed by atoms with Gasteiger partial charge in [0.05, 0.1) is 16.8 Å². The predicted octanol–water partition coefficient (Wildman–Crippen LogP) is 1.71. The van der Waals surface area contributed by atoms with Gasteiger partial charge in [-0.2, -0.15) is 0 Å². The van der Waals surface area contributed by atoms with E-state index in [1.165, 1.54) is 0 Å². The molecule has 0 heterocycles. The zero-order chi connectivity index (χ0) is 15.6. The van der Waals surface area contributed by atoms with E-state index in [4.69, 9.17) is 29.6 Å². The van der Waals surface area contributed by atoms with Crippen molar-refractivity contribution in [2.24, 2.45) is 5.73 Å². The van der Waals surface area contributed by atoms with Crippen molar-refractivity contribution in [3.8, 4) is 0 Å². The molecule has 112 valence electrons. The predicted molar refractivity (Wildman–Crippen MR) is 87.9 cm³/mol. The van der Waals surface area contributed by atoms with Crippen molar-refractivity contribution in [3.63, 3.8) is 0 Å². The van der Waals surface area contributed by atoms with E-state index in [1.54, 1.807) is 32.0 Å². The highest BCUT2D eigenvalue weighted by molar-refractivity contribution is 7.88. The summed E-state index contributed by atoms with van der Waals surface area (Å²) in [5.41, 5.74) is 6.22. The molecule has 0 aliphatic heterocycles. The van der Waals surface area contributed by atoms with E-state index < -0.39 is 15.6 Å². The lowest BCUT2D eigenvalue weighted by Crippen LogP contribution is -2.47. The Labute approximate surface area is 129 Å². The molecule has 4 N–H and O–H groups in total. The Balaban J connectivity index is 2.91. The Morgan fingerprint density at radius 2 is 2.05 bits per heavy atom. The normalized spacial score (nSPS) is 12.2. The highest BCUT2D eigenvalue weighted by atomic mass is 35.5. The fraction of sp³-hybridized carbons (Fsp3) is 0.417. The fourth-order valence-corrected chi connectivity index (χ4v) is 3.40. The number of nitrogens with one attached hydrogen (secondary N) is 2. The minimum Gasteiger partial charge on any atom is -0.389 e. The Bertz CT molecular complexity index is 615. The van der Waals surface area contributed by atoms with Crippen molar-refractivity contribution in [1.82, 2.24) is 4.72 Å². The second-order valence-corrected chi connectivity index (χ2v) is 7.73. The van der Waals surface area contributed by atoms with Gasteiger partial charge in [0.2, 0.25) is 10.0 Å². The van der Waals surface area contributed by atoms with Gasteiger partial charge in [-0.15, -0.1) is 0 Å². The molecule has 1 aromatic carbocycles. The molecule has 0 amide bonds. The van der Waals surface area contributed by atoms with Gasteiger partial charge in [0.15, 0.2) is 0 Å². The van der Waals surface area contributed by atoms with Crippen LogP contribution in [-0.2, 0) is 10.0 Å². The molecule has 0 saturated carbocycles. The number of thiocarbonyl (C=S) groups is 1. The van der Waals surface area contributed by atoms with Gasteiger partial charge in [-0.25, -0.2) is 13.1 Å². The molecule has 0 aromatic heterocycles. The monoisotopic (exact) mass is 335 g/mol. The van der Waals surface area contributed by atoms with Gasteiger partial charge in [-0.1, -0.05) is 29.9 Å². The molecule has 8 heteroatoms. The first-order valence-electron chi connectivity index (χ1n) is 5.83. The van der Waals surface area contributed by atoms with Gasteiger partial charge in [-0.05, 0) is 26.0 Å². The topological polar surface area (TPSA) is 84.2 Å². The van der Waals surface area contributed by atoms with E-state index in [2.05, 4.69) is 10.0 Å². The minimum absolute atomic E-state index is 0.187. The summed E-state index contributed by atoms with van der Waals surface area (Å²) < 4.78 is 25.1. The Kier molecular flexibility index (Phi) is 5.37. The Morgan fingerprint density at radius 3 is 2.55 bits per heavy atom. The van der Waals surface area contributed by atoms with Crippen LogP contribution in [-0.4, -0.2) is 31.7 Å². The maximum Gasteiger partial charge on any atom is 0.209 e. The summed E-state index contributed by atoms with van der Waals surface area (Å²) in [6.45, 7) is 3.90. The van der Waals surface area contributed by atoms with Crippen LogP contribution in [0.1, 0.15) is 19.4 Å². The van der Waals surface area contributed by atoms with Crippen LogP contribution in [0.3, 0.4) is 0 Å². The number of hydrogen-bond donors (Lipinski definition) is 3. The maximum absolute atomic E-state index is 11.3. The molecule has 0 unspecified atom stereocenters. The lowest BCUT2D eigenvalue weighted by Gasteiger charge is -2.26. The van der Waals surface area contributed by atoms with Crippen LogP contribution in [0.4, 0.5) is 5.69 Å². The lowest BCUT2D eigenvalue weighted by atomic mass is 10.1. The first kappa shape index (κ1) is 17.2. The molecule has 0 atom stereocenters. The van der Waals surface area contributed by atoms with Crippen molar-refractivity contribution in [2.75, 3.05) is 18.1 Å². The smallest absolute Gasteiger partial charge is 0.209 e. The van der Waals surface area contributed by atoms with Crippen LogP contribution < -0.4 is 15.8 Å². The van der Waals surface area contributed by atoms with Gasteiger partial charge in [0.1, 0.15) is 4.99 Å². The third-order valence-corrected chi connectivity index (χ3v) is 3.88. The van der Waals surface area contributed by atoms with Crippen LogP contribution in [0.5, 0.6) is 0 Å². The zero-order valence-electron chi connectivity index (χ0n) is 11.5. The largest absolute Gasteiger partial charge is 0.389 e. The molecule has 0 aliphatic carbocycles. The fourth-order valence-electron chi connectivity index (χ4n) is 1.78. The molecule has 0 fully saturated rings. The van der Waals surface area contributed by atoms with Crippen LogP contribution in [0.25, 0.3) is 0 Å². The standard InChI is InChI=1S/C12H18ClN3O2S2/c1-12(2,16-20(3,17)18)7-15-9-6-4-5-8(13)10(9)11(14)19/h4-6,15-16H,7H2,1-3H3,(H2,14,19). The van der Waals surface area contributed by atoms with Crippen LogP contribution in [0.2, 0.25) is 5.02 Å². The average Bonchev–Trinajstić information content (AvgIpc) is 2.22. The molecule has 0 saturated heterocycles. The number of anilines is 1. The molecule has 0 spiro atoms. The van der Waals surface area contributed by atoms with Crippen molar-refractivity contribution in [3.05, 3.63) is 28.8 Å². The zero-order valence-corrected chi connectivity index (χ0v) is 13.9. The van der Waals surface area contributed by atoms with Gasteiger partial charge < -0.3 is 11.1 Å². The van der Waals surface area contributed by atoms with Crippen LogP contribution >= 0.6 is 23.8 Å². The number of benzene rings is 1. The van der Waals surface area contributed by atoms with E-state index in [0.29, 0.717) is 22.8 Å². The van der Waals surface area contributed by atoms with Crippen molar-refractivity contribution < 1.29 is 8.42 Å². The first-order chi connectivity index (χ1) is 9.02. The van der Waals surface area contributed by atoms with Gasteiger partial charge in [-0.3, -0.25) is 0 Å². The van der Waals surface area contributed by atoms with Crippen molar-refractivity contribution in [2.45, 2.75) is 19.4 Å².